The molecule has 0 amide bonds. The number of carbonyl (C=O) groups is 1. The van der Waals surface area contributed by atoms with Crippen molar-refractivity contribution in [2.24, 2.45) is 5.92 Å². The molecule has 0 aliphatic carbocycles. The molecule has 0 aliphatic rings. The lowest BCUT2D eigenvalue weighted by Gasteiger charge is -2.13. The lowest BCUT2D eigenvalue weighted by molar-refractivity contribution is 0.0300. The Bertz CT molecular complexity index is 379. The van der Waals surface area contributed by atoms with E-state index in [0.29, 0.717) is 24.0 Å². The fourth-order valence-corrected chi connectivity index (χ4v) is 1.78. The molecule has 4 nitrogen and oxygen atoms in total. The van der Waals surface area contributed by atoms with E-state index in [9.17, 15) is 4.79 Å². The van der Waals surface area contributed by atoms with Crippen LogP contribution in [0.5, 0.6) is 0 Å². The topological polar surface area (TPSA) is 59.7 Å². The Balaban J connectivity index is 2.52. The quantitative estimate of drug-likeness (QED) is 0.829. The highest BCUT2D eigenvalue weighted by atomic mass is 16.5. The summed E-state index contributed by atoms with van der Waals surface area (Å²) in [5, 5.41) is 8.87. The average Bonchev–Trinajstić information content (AvgIpc) is 2.56. The van der Waals surface area contributed by atoms with E-state index in [4.69, 9.17) is 14.3 Å². The summed E-state index contributed by atoms with van der Waals surface area (Å²) in [5.74, 6) is 0.605. The van der Waals surface area contributed by atoms with Crippen molar-refractivity contribution in [1.29, 1.82) is 0 Å². The van der Waals surface area contributed by atoms with Crippen molar-refractivity contribution in [1.82, 2.24) is 0 Å². The van der Waals surface area contributed by atoms with Crippen molar-refractivity contribution >= 4 is 5.97 Å². The maximum atomic E-state index is 10.8. The zero-order valence-corrected chi connectivity index (χ0v) is 10.8. The van der Waals surface area contributed by atoms with E-state index in [-0.39, 0.29) is 11.7 Å². The van der Waals surface area contributed by atoms with Crippen molar-refractivity contribution < 1.29 is 19.1 Å². The summed E-state index contributed by atoms with van der Waals surface area (Å²) in [5.41, 5.74) is 0.208. The Morgan fingerprint density at radius 1 is 1.47 bits per heavy atom. The van der Waals surface area contributed by atoms with Gasteiger partial charge in [0, 0.05) is 0 Å². The van der Waals surface area contributed by atoms with Crippen LogP contribution in [-0.4, -0.2) is 17.2 Å². The van der Waals surface area contributed by atoms with Crippen LogP contribution in [-0.2, 0) is 11.3 Å². The Morgan fingerprint density at radius 2 is 2.12 bits per heavy atom. The molecule has 0 aliphatic heterocycles. The number of aromatic carboxylic acids is 1. The fourth-order valence-electron chi connectivity index (χ4n) is 1.78. The van der Waals surface area contributed by atoms with Crippen molar-refractivity contribution in [2.75, 3.05) is 0 Å². The molecule has 0 saturated carbocycles. The van der Waals surface area contributed by atoms with Gasteiger partial charge in [0.25, 0.3) is 0 Å². The number of rotatable bonds is 6. The first kappa shape index (κ1) is 13.8. The number of hydrogen-bond acceptors (Lipinski definition) is 3. The van der Waals surface area contributed by atoms with E-state index in [0.717, 1.165) is 6.42 Å². The Morgan fingerprint density at radius 3 is 2.59 bits per heavy atom. The minimum absolute atomic E-state index is 0.147. The largest absolute Gasteiger partial charge is 0.478 e. The predicted molar refractivity (Wildman–Crippen MR) is 64.1 cm³/mol. The van der Waals surface area contributed by atoms with Gasteiger partial charge in [-0.15, -0.1) is 0 Å². The van der Waals surface area contributed by atoms with Crippen LogP contribution in [0.15, 0.2) is 10.5 Å². The summed E-state index contributed by atoms with van der Waals surface area (Å²) in [4.78, 5) is 10.8. The van der Waals surface area contributed by atoms with Crippen molar-refractivity contribution in [3.05, 3.63) is 23.2 Å². The third kappa shape index (κ3) is 4.23. The molecule has 0 saturated heterocycles. The van der Waals surface area contributed by atoms with Gasteiger partial charge < -0.3 is 14.3 Å². The molecule has 1 aromatic heterocycles. The van der Waals surface area contributed by atoms with Crippen LogP contribution in [0.25, 0.3) is 0 Å². The second-order valence-electron chi connectivity index (χ2n) is 4.74. The summed E-state index contributed by atoms with van der Waals surface area (Å²) in [6.07, 6.45) is 1.12. The third-order valence-electron chi connectivity index (χ3n) is 2.51. The van der Waals surface area contributed by atoms with Crippen LogP contribution in [0.3, 0.4) is 0 Å². The Labute approximate surface area is 102 Å². The van der Waals surface area contributed by atoms with Gasteiger partial charge >= 0.3 is 5.97 Å². The van der Waals surface area contributed by atoms with Crippen LogP contribution in [0.2, 0.25) is 0 Å². The standard InChI is InChI=1S/C13H20O4/c1-8(2)5-9(3)16-7-11-6-12(13(14)15)10(4)17-11/h6,8-9H,5,7H2,1-4H3,(H,14,15). The maximum Gasteiger partial charge on any atom is 0.339 e. The summed E-state index contributed by atoms with van der Waals surface area (Å²) in [6, 6.07) is 1.53. The lowest BCUT2D eigenvalue weighted by atomic mass is 10.1. The maximum absolute atomic E-state index is 10.8. The number of furan rings is 1. The van der Waals surface area contributed by atoms with Gasteiger partial charge in [0.15, 0.2) is 0 Å². The van der Waals surface area contributed by atoms with Crippen LogP contribution < -0.4 is 0 Å². The van der Waals surface area contributed by atoms with Crippen molar-refractivity contribution in [3.8, 4) is 0 Å². The third-order valence-corrected chi connectivity index (χ3v) is 2.51. The fraction of sp³-hybridized carbons (Fsp3) is 0.615. The van der Waals surface area contributed by atoms with E-state index in [2.05, 4.69) is 13.8 Å². The molecule has 1 heterocycles. The van der Waals surface area contributed by atoms with Crippen LogP contribution in [0, 0.1) is 12.8 Å². The second kappa shape index (κ2) is 5.87. The Kier molecular flexibility index (Phi) is 4.75. The van der Waals surface area contributed by atoms with E-state index < -0.39 is 5.97 Å². The van der Waals surface area contributed by atoms with E-state index in [1.165, 1.54) is 6.07 Å². The van der Waals surface area contributed by atoms with Crippen molar-refractivity contribution in [3.63, 3.8) is 0 Å². The summed E-state index contributed by atoms with van der Waals surface area (Å²) in [6.45, 7) is 8.25. The molecule has 0 bridgehead atoms. The highest BCUT2D eigenvalue weighted by molar-refractivity contribution is 5.88. The molecule has 1 unspecified atom stereocenters. The van der Waals surface area contributed by atoms with E-state index in [1.54, 1.807) is 6.92 Å². The molecule has 1 N–H and O–H groups in total. The number of aryl methyl sites for hydroxylation is 1. The molecule has 96 valence electrons. The predicted octanol–water partition coefficient (Wildman–Crippen LogP) is 3.24. The first-order valence-electron chi connectivity index (χ1n) is 5.84. The second-order valence-corrected chi connectivity index (χ2v) is 4.74. The van der Waals surface area contributed by atoms with Gasteiger partial charge in [0.1, 0.15) is 23.7 Å². The normalized spacial score (nSPS) is 13.0. The molecule has 0 aromatic carbocycles. The number of carboxylic acid groups (broad SMARTS) is 1. The highest BCUT2D eigenvalue weighted by Crippen LogP contribution is 2.17. The van der Waals surface area contributed by atoms with Crippen LogP contribution in [0.1, 0.15) is 49.1 Å². The first-order valence-corrected chi connectivity index (χ1v) is 5.84. The molecular formula is C13H20O4. The molecule has 0 spiro atoms. The zero-order chi connectivity index (χ0) is 13.0. The zero-order valence-electron chi connectivity index (χ0n) is 10.8. The number of carboxylic acids is 1. The SMILES string of the molecule is Cc1oc(COC(C)CC(C)C)cc1C(=O)O. The molecule has 0 radical (unpaired) electrons. The molecular weight excluding hydrogens is 220 g/mol. The van der Waals surface area contributed by atoms with E-state index >= 15 is 0 Å². The highest BCUT2D eigenvalue weighted by Gasteiger charge is 2.14. The van der Waals surface area contributed by atoms with Gasteiger partial charge in [-0.25, -0.2) is 4.79 Å². The van der Waals surface area contributed by atoms with Gasteiger partial charge in [-0.05, 0) is 32.3 Å². The molecule has 17 heavy (non-hydrogen) atoms. The minimum atomic E-state index is -0.965. The first-order chi connectivity index (χ1) is 7.90. The van der Waals surface area contributed by atoms with Crippen LogP contribution in [0.4, 0.5) is 0 Å². The van der Waals surface area contributed by atoms with Gasteiger partial charge in [0.2, 0.25) is 0 Å². The van der Waals surface area contributed by atoms with Gasteiger partial charge in [0.05, 0.1) is 6.10 Å². The molecule has 1 atom stereocenters. The smallest absolute Gasteiger partial charge is 0.339 e. The van der Waals surface area contributed by atoms with Crippen LogP contribution >= 0.6 is 0 Å². The average molecular weight is 240 g/mol. The molecule has 4 heteroatoms. The van der Waals surface area contributed by atoms with Gasteiger partial charge in [-0.3, -0.25) is 0 Å². The van der Waals surface area contributed by atoms with Crippen molar-refractivity contribution in [2.45, 2.75) is 46.8 Å². The summed E-state index contributed by atoms with van der Waals surface area (Å²) in [7, 11) is 0. The minimum Gasteiger partial charge on any atom is -0.478 e. The lowest BCUT2D eigenvalue weighted by Crippen LogP contribution is -2.10. The summed E-state index contributed by atoms with van der Waals surface area (Å²) < 4.78 is 10.9. The molecule has 0 fully saturated rings. The Hall–Kier alpha value is -1.29. The molecule has 1 aromatic rings. The van der Waals surface area contributed by atoms with E-state index in [1.807, 2.05) is 6.92 Å². The van der Waals surface area contributed by atoms with Gasteiger partial charge in [-0.2, -0.15) is 0 Å². The summed E-state index contributed by atoms with van der Waals surface area (Å²) >= 11 is 0. The van der Waals surface area contributed by atoms with Gasteiger partial charge in [-0.1, -0.05) is 13.8 Å². The monoisotopic (exact) mass is 240 g/mol. The number of hydrogen-bond donors (Lipinski definition) is 1. The molecule has 1 rings (SSSR count). The number of ether oxygens (including phenoxy) is 1.